The Bertz CT molecular complexity index is 3890. The lowest BCUT2D eigenvalue weighted by molar-refractivity contribution is 0.280. The lowest BCUT2D eigenvalue weighted by atomic mass is 9.62. The van der Waals surface area contributed by atoms with E-state index in [-0.39, 0.29) is 16.2 Å². The summed E-state index contributed by atoms with van der Waals surface area (Å²) < 4.78 is 0. The second kappa shape index (κ2) is 15.8. The van der Waals surface area contributed by atoms with E-state index < -0.39 is 0 Å². The number of benzene rings is 10. The third-order valence-corrected chi connectivity index (χ3v) is 17.8. The van der Waals surface area contributed by atoms with Gasteiger partial charge in [-0.2, -0.15) is 0 Å². The van der Waals surface area contributed by atoms with Crippen LogP contribution in [0.25, 0.3) is 77.2 Å². The van der Waals surface area contributed by atoms with E-state index in [1.54, 1.807) is 0 Å². The second-order valence-corrected chi connectivity index (χ2v) is 23.0. The van der Waals surface area contributed by atoms with Crippen LogP contribution in [0.4, 0.5) is 17.1 Å². The van der Waals surface area contributed by atoms with Gasteiger partial charge in [-0.15, -0.1) is 0 Å². The van der Waals surface area contributed by atoms with Crippen LogP contribution in [0, 0.1) is 25.7 Å². The topological polar surface area (TPSA) is 3.24 Å². The molecular weight excluding hydrogens is 867 g/mol. The van der Waals surface area contributed by atoms with Gasteiger partial charge in [-0.05, 0) is 185 Å². The van der Waals surface area contributed by atoms with Crippen LogP contribution in [-0.2, 0) is 16.2 Å². The van der Waals surface area contributed by atoms with Gasteiger partial charge in [0.05, 0.1) is 5.69 Å². The lowest BCUT2D eigenvalue weighted by Gasteiger charge is -2.41. The number of hydrogen-bond donors (Lipinski definition) is 0. The summed E-state index contributed by atoms with van der Waals surface area (Å²) >= 11 is 0. The van der Waals surface area contributed by atoms with Gasteiger partial charge in [0.25, 0.3) is 0 Å². The number of fused-ring (bicyclic) bond motifs is 13. The molecule has 1 heteroatoms. The molecule has 13 rings (SSSR count). The fourth-order valence-corrected chi connectivity index (χ4v) is 14.3. The van der Waals surface area contributed by atoms with Gasteiger partial charge in [-0.1, -0.05) is 200 Å². The summed E-state index contributed by atoms with van der Waals surface area (Å²) in [5, 5.41) is 5.28. The molecule has 0 radical (unpaired) electrons. The molecule has 0 spiro atoms. The Morgan fingerprint density at radius 1 is 0.361 bits per heavy atom. The summed E-state index contributed by atoms with van der Waals surface area (Å²) in [6, 6.07) is 72.2. The van der Waals surface area contributed by atoms with E-state index in [9.17, 15) is 0 Å². The van der Waals surface area contributed by atoms with Crippen molar-refractivity contribution in [3.05, 3.63) is 233 Å². The molecule has 0 saturated heterocycles. The van der Waals surface area contributed by atoms with Crippen LogP contribution >= 0.6 is 0 Å². The molecule has 0 saturated carbocycles. The smallest absolute Gasteiger partial charge is 0.0540 e. The van der Waals surface area contributed by atoms with Gasteiger partial charge in [0, 0.05) is 33.2 Å². The Balaban J connectivity index is 1.03. The standard InChI is InChI=1S/C71H63N/c1-42(2)71(43(3)4)63-38-49(31-33-53(63)58-40-62-59(41-64(58)71)67-51-24-15-14-22-47(51)30-35-60(67)69(62,7)8)72(66-27-19-18-23-50(66)46-20-12-11-13-21-46)48-32-34-55-61(37-48)70(9,10)65-39-57(56-36-44(5)28-29-45(56)6)52-25-16-17-26-54(52)68(55)65/h11-43H,1-10H3. The third-order valence-electron chi connectivity index (χ3n) is 17.8. The SMILES string of the molecule is Cc1ccc(C)c(-c2cc3c(c4ccccc24)-c2ccc(N(c4ccc5c(c4)C(C(C)C)(C(C)C)c4cc6c(cc4-5)C(C)(C)c4ccc5ccccc5c4-6)c4ccccc4-c4ccccc4)cc2C3(C)C)c1. The zero-order valence-corrected chi connectivity index (χ0v) is 43.5. The molecule has 352 valence electrons. The summed E-state index contributed by atoms with van der Waals surface area (Å²) in [5.74, 6) is 0.666. The molecule has 0 unspecified atom stereocenters. The highest BCUT2D eigenvalue weighted by molar-refractivity contribution is 6.10. The van der Waals surface area contributed by atoms with E-state index >= 15 is 0 Å². The van der Waals surface area contributed by atoms with Crippen molar-refractivity contribution in [2.75, 3.05) is 4.90 Å². The predicted octanol–water partition coefficient (Wildman–Crippen LogP) is 19.6. The fraction of sp³-hybridized carbons (Fsp3) is 0.211. The number of aryl methyl sites for hydroxylation is 2. The first kappa shape index (κ1) is 44.5. The minimum atomic E-state index is -0.260. The second-order valence-electron chi connectivity index (χ2n) is 23.0. The van der Waals surface area contributed by atoms with Crippen molar-refractivity contribution in [3.63, 3.8) is 0 Å². The average Bonchev–Trinajstić information content (AvgIpc) is 3.90. The largest absolute Gasteiger partial charge is 0.310 e. The minimum absolute atomic E-state index is 0.128. The number of anilines is 3. The van der Waals surface area contributed by atoms with Crippen molar-refractivity contribution >= 4 is 38.6 Å². The van der Waals surface area contributed by atoms with Gasteiger partial charge in [0.1, 0.15) is 0 Å². The lowest BCUT2D eigenvalue weighted by Crippen LogP contribution is -2.37. The quantitative estimate of drug-likeness (QED) is 0.154. The van der Waals surface area contributed by atoms with Crippen molar-refractivity contribution in [2.45, 2.75) is 85.5 Å². The van der Waals surface area contributed by atoms with Crippen molar-refractivity contribution in [1.82, 2.24) is 0 Å². The molecule has 0 amide bonds. The molecule has 0 aromatic heterocycles. The fourth-order valence-electron chi connectivity index (χ4n) is 14.3. The van der Waals surface area contributed by atoms with Crippen molar-refractivity contribution < 1.29 is 0 Å². The van der Waals surface area contributed by atoms with Crippen LogP contribution in [0.3, 0.4) is 0 Å². The number of para-hydroxylation sites is 1. The molecule has 0 fully saturated rings. The number of rotatable bonds is 7. The molecule has 0 heterocycles. The molecule has 3 aliphatic rings. The highest BCUT2D eigenvalue weighted by atomic mass is 15.1. The highest BCUT2D eigenvalue weighted by Gasteiger charge is 2.50. The third kappa shape index (κ3) is 6.06. The van der Waals surface area contributed by atoms with Crippen LogP contribution in [0.1, 0.15) is 99.9 Å². The zero-order valence-electron chi connectivity index (χ0n) is 43.5. The Morgan fingerprint density at radius 3 is 1.68 bits per heavy atom. The Labute approximate surface area is 426 Å². The summed E-state index contributed by atoms with van der Waals surface area (Å²) in [5.41, 5.74) is 27.3. The maximum Gasteiger partial charge on any atom is 0.0540 e. The van der Waals surface area contributed by atoms with Crippen molar-refractivity contribution in [2.24, 2.45) is 11.8 Å². The molecule has 72 heavy (non-hydrogen) atoms. The number of nitrogens with zero attached hydrogens (tertiary/aromatic N) is 1. The van der Waals surface area contributed by atoms with Gasteiger partial charge in [-0.25, -0.2) is 0 Å². The minimum Gasteiger partial charge on any atom is -0.310 e. The summed E-state index contributed by atoms with van der Waals surface area (Å²) in [6.45, 7) is 24.1. The molecule has 0 bridgehead atoms. The molecule has 3 aliphatic carbocycles. The number of hydrogen-bond acceptors (Lipinski definition) is 1. The Kier molecular flexibility index (Phi) is 9.73. The average molecular weight is 930 g/mol. The maximum absolute atomic E-state index is 2.64. The van der Waals surface area contributed by atoms with E-state index in [1.165, 1.54) is 133 Å². The first-order chi connectivity index (χ1) is 34.7. The molecule has 0 N–H and O–H groups in total. The molecule has 1 nitrogen and oxygen atoms in total. The normalized spacial score (nSPS) is 15.1. The molecule has 0 atom stereocenters. The summed E-state index contributed by atoms with van der Waals surface area (Å²) in [4.78, 5) is 2.57. The van der Waals surface area contributed by atoms with Crippen LogP contribution in [0.15, 0.2) is 188 Å². The van der Waals surface area contributed by atoms with E-state index in [4.69, 9.17) is 0 Å². The predicted molar refractivity (Wildman–Crippen MR) is 308 cm³/mol. The van der Waals surface area contributed by atoms with Crippen molar-refractivity contribution in [1.29, 1.82) is 0 Å². The molecule has 0 aliphatic heterocycles. The maximum atomic E-state index is 2.64. The van der Waals surface area contributed by atoms with Crippen LogP contribution < -0.4 is 4.90 Å². The first-order valence-corrected chi connectivity index (χ1v) is 26.3. The van der Waals surface area contributed by atoms with Gasteiger partial charge >= 0.3 is 0 Å². The monoisotopic (exact) mass is 929 g/mol. The molecular formula is C71H63N. The molecule has 10 aromatic rings. The van der Waals surface area contributed by atoms with Gasteiger partial charge in [0.15, 0.2) is 0 Å². The van der Waals surface area contributed by atoms with Crippen LogP contribution in [0.5, 0.6) is 0 Å². The summed E-state index contributed by atoms with van der Waals surface area (Å²) in [7, 11) is 0. The van der Waals surface area contributed by atoms with E-state index in [2.05, 4.69) is 262 Å². The van der Waals surface area contributed by atoms with Gasteiger partial charge < -0.3 is 4.90 Å². The first-order valence-electron chi connectivity index (χ1n) is 26.3. The van der Waals surface area contributed by atoms with Gasteiger partial charge in [0.2, 0.25) is 0 Å². The zero-order chi connectivity index (χ0) is 49.6. The highest BCUT2D eigenvalue weighted by Crippen LogP contribution is 2.62. The Morgan fingerprint density at radius 2 is 0.931 bits per heavy atom. The van der Waals surface area contributed by atoms with E-state index in [1.807, 2.05) is 0 Å². The van der Waals surface area contributed by atoms with Gasteiger partial charge in [-0.3, -0.25) is 0 Å². The molecule has 10 aromatic carbocycles. The van der Waals surface area contributed by atoms with Crippen LogP contribution in [-0.4, -0.2) is 0 Å². The summed E-state index contributed by atoms with van der Waals surface area (Å²) in [6.07, 6.45) is 0. The van der Waals surface area contributed by atoms with E-state index in [0.717, 1.165) is 5.69 Å². The van der Waals surface area contributed by atoms with Crippen molar-refractivity contribution in [3.8, 4) is 55.6 Å². The Hall–Kier alpha value is -7.48. The van der Waals surface area contributed by atoms with Crippen LogP contribution in [0.2, 0.25) is 0 Å². The van der Waals surface area contributed by atoms with E-state index in [0.29, 0.717) is 11.8 Å².